The van der Waals surface area contributed by atoms with Crippen LogP contribution in [0.5, 0.6) is 0 Å². The van der Waals surface area contributed by atoms with Crippen molar-refractivity contribution in [2.45, 2.75) is 19.0 Å². The molecular formula is C28H25BrF3N3O. The lowest BCUT2D eigenvalue weighted by Gasteiger charge is -2.19. The first-order valence-electron chi connectivity index (χ1n) is 11.4. The molecule has 0 saturated heterocycles. The minimum atomic E-state index is -4.54. The molecule has 0 spiro atoms. The van der Waals surface area contributed by atoms with Gasteiger partial charge in [0, 0.05) is 22.7 Å². The molecule has 0 N–H and O–H groups in total. The molecule has 2 aromatic heterocycles. The van der Waals surface area contributed by atoms with Crippen LogP contribution in [-0.2, 0) is 6.18 Å². The Morgan fingerprint density at radius 1 is 0.944 bits per heavy atom. The maximum absolute atomic E-state index is 14.0. The van der Waals surface area contributed by atoms with Crippen LogP contribution in [0, 0.1) is 0 Å². The predicted octanol–water partition coefficient (Wildman–Crippen LogP) is 7.51. The van der Waals surface area contributed by atoms with Crippen molar-refractivity contribution >= 4 is 21.7 Å². The number of pyridine rings is 1. The van der Waals surface area contributed by atoms with Crippen LogP contribution < -0.4 is 0 Å². The maximum atomic E-state index is 14.0. The van der Waals surface area contributed by atoms with Crippen molar-refractivity contribution in [2.75, 3.05) is 20.6 Å². The monoisotopic (exact) mass is 555 g/mol. The number of rotatable bonds is 8. The molecule has 0 unspecified atom stereocenters. The summed E-state index contributed by atoms with van der Waals surface area (Å²) >= 11 is 3.41. The molecular weight excluding hydrogens is 531 g/mol. The highest BCUT2D eigenvalue weighted by atomic mass is 79.9. The second kappa shape index (κ2) is 10.8. The molecule has 0 aliphatic carbocycles. The summed E-state index contributed by atoms with van der Waals surface area (Å²) in [5, 5.41) is 0. The van der Waals surface area contributed by atoms with Gasteiger partial charge < -0.3 is 9.47 Å². The summed E-state index contributed by atoms with van der Waals surface area (Å²) in [6.07, 6.45) is -1.89. The Balaban J connectivity index is 1.79. The minimum absolute atomic E-state index is 0.00792. The van der Waals surface area contributed by atoms with E-state index >= 15 is 0 Å². The molecule has 0 amide bonds. The van der Waals surface area contributed by atoms with Crippen LogP contribution in [0.1, 0.15) is 28.8 Å². The van der Waals surface area contributed by atoms with Gasteiger partial charge in [0.1, 0.15) is 0 Å². The smallest absolute Gasteiger partial charge is 0.309 e. The van der Waals surface area contributed by atoms with E-state index in [1.807, 2.05) is 43.3 Å². The van der Waals surface area contributed by atoms with E-state index < -0.39 is 11.7 Å². The molecule has 8 heteroatoms. The Hall–Kier alpha value is -3.23. The molecule has 2 aromatic carbocycles. The second-order valence-corrected chi connectivity index (χ2v) is 9.64. The number of nitrogens with zero attached hydrogens (tertiary/aromatic N) is 3. The normalized spacial score (nSPS) is 11.8. The van der Waals surface area contributed by atoms with Gasteiger partial charge in [-0.2, -0.15) is 13.2 Å². The third-order valence-electron chi connectivity index (χ3n) is 5.83. The summed E-state index contributed by atoms with van der Waals surface area (Å²) in [6.45, 7) is 0.808. The highest BCUT2D eigenvalue weighted by Crippen LogP contribution is 2.39. The fourth-order valence-corrected chi connectivity index (χ4v) is 4.33. The molecule has 4 rings (SSSR count). The Labute approximate surface area is 216 Å². The molecule has 4 aromatic rings. The number of carbonyl (C=O) groups is 1. The molecule has 4 nitrogen and oxygen atoms in total. The van der Waals surface area contributed by atoms with E-state index in [-0.39, 0.29) is 11.5 Å². The number of aromatic nitrogens is 2. The largest absolute Gasteiger partial charge is 0.418 e. The number of hydrogen-bond acceptors (Lipinski definition) is 3. The van der Waals surface area contributed by atoms with Gasteiger partial charge in [-0.15, -0.1) is 0 Å². The first-order valence-corrected chi connectivity index (χ1v) is 12.2. The Morgan fingerprint density at radius 2 is 1.64 bits per heavy atom. The fraction of sp³-hybridized carbons (Fsp3) is 0.214. The predicted molar refractivity (Wildman–Crippen MR) is 139 cm³/mol. The number of benzene rings is 2. The molecule has 2 heterocycles. The van der Waals surface area contributed by atoms with E-state index in [1.54, 1.807) is 34.9 Å². The van der Waals surface area contributed by atoms with Gasteiger partial charge in [-0.25, -0.2) is 0 Å². The van der Waals surface area contributed by atoms with Crippen LogP contribution >= 0.6 is 15.9 Å². The number of carbonyl (C=O) groups excluding carboxylic acids is 1. The lowest BCUT2D eigenvalue weighted by atomic mass is 10.1. The van der Waals surface area contributed by atoms with Crippen LogP contribution in [0.15, 0.2) is 83.5 Å². The molecule has 0 fully saturated rings. The van der Waals surface area contributed by atoms with Crippen molar-refractivity contribution in [1.82, 2.24) is 14.5 Å². The van der Waals surface area contributed by atoms with Gasteiger partial charge in [-0.1, -0.05) is 40.2 Å². The zero-order valence-electron chi connectivity index (χ0n) is 19.9. The quantitative estimate of drug-likeness (QED) is 0.211. The van der Waals surface area contributed by atoms with Crippen molar-refractivity contribution in [3.63, 3.8) is 0 Å². The van der Waals surface area contributed by atoms with E-state index in [0.29, 0.717) is 29.1 Å². The number of ketones is 1. The van der Waals surface area contributed by atoms with Gasteiger partial charge in [0.25, 0.3) is 0 Å². The Kier molecular flexibility index (Phi) is 7.76. The third-order valence-corrected chi connectivity index (χ3v) is 6.36. The van der Waals surface area contributed by atoms with Crippen LogP contribution in [-0.4, -0.2) is 40.9 Å². The fourth-order valence-electron chi connectivity index (χ4n) is 4.06. The average molecular weight is 556 g/mol. The molecule has 0 saturated carbocycles. The number of hydrogen-bond donors (Lipinski definition) is 0. The third kappa shape index (κ3) is 5.77. The summed E-state index contributed by atoms with van der Waals surface area (Å²) < 4.78 is 44.4. The van der Waals surface area contributed by atoms with Crippen molar-refractivity contribution in [2.24, 2.45) is 0 Å². The van der Waals surface area contributed by atoms with Gasteiger partial charge in [-0.05, 0) is 81.2 Å². The topological polar surface area (TPSA) is 38.1 Å². The Morgan fingerprint density at radius 3 is 2.28 bits per heavy atom. The van der Waals surface area contributed by atoms with Crippen molar-refractivity contribution in [3.8, 4) is 28.3 Å². The first-order chi connectivity index (χ1) is 17.1. The zero-order valence-corrected chi connectivity index (χ0v) is 21.5. The molecule has 0 aliphatic heterocycles. The van der Waals surface area contributed by atoms with E-state index in [2.05, 4.69) is 20.9 Å². The lowest BCUT2D eigenvalue weighted by molar-refractivity contribution is -0.137. The second-order valence-electron chi connectivity index (χ2n) is 8.72. The summed E-state index contributed by atoms with van der Waals surface area (Å²) in [7, 11) is 3.91. The zero-order chi connectivity index (χ0) is 25.9. The van der Waals surface area contributed by atoms with Crippen LogP contribution in [0.3, 0.4) is 0 Å². The standard InChI is InChI=1S/C28H25BrF3N3O/c1-34(2)17-5-8-27(36)20-11-14-23(33-18-20)26-16-15-24(19-9-12-21(29)13-10-19)35(26)25-7-4-3-6-22(25)28(30,31)32/h3-4,6-7,9-16,18H,5,8,17H2,1-2H3. The van der Waals surface area contributed by atoms with Gasteiger partial charge in [-0.3, -0.25) is 9.78 Å². The molecule has 0 bridgehead atoms. The van der Waals surface area contributed by atoms with Crippen molar-refractivity contribution in [1.29, 1.82) is 0 Å². The summed E-state index contributed by atoms with van der Waals surface area (Å²) in [4.78, 5) is 19.0. The molecule has 0 aliphatic rings. The van der Waals surface area contributed by atoms with Gasteiger partial charge in [0.15, 0.2) is 5.78 Å². The number of halogens is 4. The highest BCUT2D eigenvalue weighted by Gasteiger charge is 2.34. The SMILES string of the molecule is CN(C)CCCC(=O)c1ccc(-c2ccc(-c3ccc(Br)cc3)n2-c2ccccc2C(F)(F)F)nc1. The van der Waals surface area contributed by atoms with E-state index in [1.165, 1.54) is 18.3 Å². The van der Waals surface area contributed by atoms with Crippen molar-refractivity contribution < 1.29 is 18.0 Å². The first kappa shape index (κ1) is 25.9. The number of Topliss-reactive ketones (excluding diaryl/α,β-unsaturated/α-hetero) is 1. The number of alkyl halides is 3. The van der Waals surface area contributed by atoms with Crippen LogP contribution in [0.4, 0.5) is 13.2 Å². The van der Waals surface area contributed by atoms with E-state index in [9.17, 15) is 18.0 Å². The highest BCUT2D eigenvalue weighted by molar-refractivity contribution is 9.10. The summed E-state index contributed by atoms with van der Waals surface area (Å²) in [6, 6.07) is 19.8. The average Bonchev–Trinajstić information content (AvgIpc) is 3.29. The van der Waals surface area contributed by atoms with Gasteiger partial charge >= 0.3 is 6.18 Å². The maximum Gasteiger partial charge on any atom is 0.418 e. The summed E-state index contributed by atoms with van der Waals surface area (Å²) in [5.41, 5.74) is 2.08. The molecule has 0 atom stereocenters. The van der Waals surface area contributed by atoms with Gasteiger partial charge in [0.05, 0.1) is 28.3 Å². The van der Waals surface area contributed by atoms with Crippen molar-refractivity contribution in [3.05, 3.63) is 94.6 Å². The van der Waals surface area contributed by atoms with Gasteiger partial charge in [0.2, 0.25) is 0 Å². The molecule has 36 heavy (non-hydrogen) atoms. The lowest BCUT2D eigenvalue weighted by Crippen LogP contribution is -2.14. The van der Waals surface area contributed by atoms with Crippen LogP contribution in [0.2, 0.25) is 0 Å². The minimum Gasteiger partial charge on any atom is -0.309 e. The Bertz CT molecular complexity index is 1340. The summed E-state index contributed by atoms with van der Waals surface area (Å²) in [5.74, 6) is -0.00995. The molecule has 186 valence electrons. The van der Waals surface area contributed by atoms with Crippen LogP contribution in [0.25, 0.3) is 28.3 Å². The molecule has 0 radical (unpaired) electrons. The number of para-hydroxylation sites is 1. The van der Waals surface area contributed by atoms with E-state index in [0.717, 1.165) is 29.1 Å². The van der Waals surface area contributed by atoms with E-state index in [4.69, 9.17) is 0 Å².